The van der Waals surface area contributed by atoms with Gasteiger partial charge in [0, 0.05) is 36.1 Å². The normalized spacial score (nSPS) is 10.5. The Morgan fingerprint density at radius 3 is 2.95 bits per heavy atom. The summed E-state index contributed by atoms with van der Waals surface area (Å²) in [4.78, 5) is 9.38. The lowest BCUT2D eigenvalue weighted by atomic mass is 10.2. The molecule has 0 aliphatic heterocycles. The Labute approximate surface area is 124 Å². The standard InChI is InChI=1S/C15H12FN3OS/c16-11-4-3-10(13(20)6-11)7-19-15-12(2-1-5-18-15)14-8-17-9-21-14/h1-6,8-9,20H,7H2,(H,18,19). The van der Waals surface area contributed by atoms with Crippen LogP contribution < -0.4 is 5.32 Å². The number of phenols is 1. The summed E-state index contributed by atoms with van der Waals surface area (Å²) < 4.78 is 13.0. The summed E-state index contributed by atoms with van der Waals surface area (Å²) in [6, 6.07) is 7.77. The van der Waals surface area contributed by atoms with Gasteiger partial charge in [-0.05, 0) is 18.2 Å². The van der Waals surface area contributed by atoms with Crippen molar-refractivity contribution in [1.82, 2.24) is 9.97 Å². The fraction of sp³-hybridized carbons (Fsp3) is 0.0667. The van der Waals surface area contributed by atoms with Gasteiger partial charge in [0.25, 0.3) is 0 Å². The molecule has 2 N–H and O–H groups in total. The number of phenolic OH excluding ortho intramolecular Hbond substituents is 1. The molecule has 4 nitrogen and oxygen atoms in total. The number of benzene rings is 1. The van der Waals surface area contributed by atoms with E-state index in [4.69, 9.17) is 0 Å². The first-order chi connectivity index (χ1) is 10.2. The summed E-state index contributed by atoms with van der Waals surface area (Å²) in [6.07, 6.45) is 3.47. The Morgan fingerprint density at radius 2 is 2.19 bits per heavy atom. The van der Waals surface area contributed by atoms with E-state index < -0.39 is 5.82 Å². The molecule has 0 unspecified atom stereocenters. The lowest BCUT2D eigenvalue weighted by Crippen LogP contribution is -2.03. The number of nitrogens with zero attached hydrogens (tertiary/aromatic N) is 2. The van der Waals surface area contributed by atoms with E-state index >= 15 is 0 Å². The first kappa shape index (κ1) is 13.5. The highest BCUT2D eigenvalue weighted by Crippen LogP contribution is 2.29. The number of aromatic nitrogens is 2. The third-order valence-electron chi connectivity index (χ3n) is 3.00. The van der Waals surface area contributed by atoms with Gasteiger partial charge in [0.2, 0.25) is 0 Å². The Morgan fingerprint density at radius 1 is 1.29 bits per heavy atom. The lowest BCUT2D eigenvalue weighted by molar-refractivity contribution is 0.463. The van der Waals surface area contributed by atoms with Crippen LogP contribution in [0.5, 0.6) is 5.75 Å². The van der Waals surface area contributed by atoms with Crippen molar-refractivity contribution >= 4 is 17.2 Å². The van der Waals surface area contributed by atoms with Crippen LogP contribution in [0, 0.1) is 5.82 Å². The Hall–Kier alpha value is -2.47. The number of pyridine rings is 1. The highest BCUT2D eigenvalue weighted by Gasteiger charge is 2.08. The van der Waals surface area contributed by atoms with Crippen LogP contribution in [-0.4, -0.2) is 15.1 Å². The van der Waals surface area contributed by atoms with Gasteiger partial charge in [0.1, 0.15) is 17.4 Å². The van der Waals surface area contributed by atoms with Crippen molar-refractivity contribution in [2.45, 2.75) is 6.54 Å². The molecule has 0 atom stereocenters. The highest BCUT2D eigenvalue weighted by atomic mass is 32.1. The summed E-state index contributed by atoms with van der Waals surface area (Å²) in [5.74, 6) is 0.169. The number of aromatic hydroxyl groups is 1. The van der Waals surface area contributed by atoms with Crippen LogP contribution in [0.3, 0.4) is 0 Å². The third kappa shape index (κ3) is 3.00. The van der Waals surface area contributed by atoms with E-state index in [0.717, 1.165) is 16.5 Å². The summed E-state index contributed by atoms with van der Waals surface area (Å²) >= 11 is 1.53. The average molecular weight is 301 g/mol. The zero-order valence-corrected chi connectivity index (χ0v) is 11.8. The van der Waals surface area contributed by atoms with Crippen molar-refractivity contribution in [1.29, 1.82) is 0 Å². The number of halogens is 1. The van der Waals surface area contributed by atoms with Crippen LogP contribution in [0.4, 0.5) is 10.2 Å². The fourth-order valence-corrected chi connectivity index (χ4v) is 2.61. The number of rotatable bonds is 4. The van der Waals surface area contributed by atoms with E-state index in [1.165, 1.54) is 17.4 Å². The molecule has 2 heterocycles. The number of anilines is 1. The predicted molar refractivity (Wildman–Crippen MR) is 80.7 cm³/mol. The molecule has 1 aromatic carbocycles. The largest absolute Gasteiger partial charge is 0.507 e. The molecule has 6 heteroatoms. The molecular formula is C15H12FN3OS. The molecule has 3 rings (SSSR count). The molecule has 2 aromatic heterocycles. The summed E-state index contributed by atoms with van der Waals surface area (Å²) in [5, 5.41) is 12.9. The lowest BCUT2D eigenvalue weighted by Gasteiger charge is -2.10. The van der Waals surface area contributed by atoms with Gasteiger partial charge in [-0.2, -0.15) is 0 Å². The maximum Gasteiger partial charge on any atom is 0.134 e. The third-order valence-corrected chi connectivity index (χ3v) is 3.81. The number of nitrogens with one attached hydrogen (secondary N) is 1. The molecule has 0 amide bonds. The van der Waals surface area contributed by atoms with Crippen molar-refractivity contribution in [3.63, 3.8) is 0 Å². The zero-order valence-electron chi connectivity index (χ0n) is 11.0. The van der Waals surface area contributed by atoms with Crippen LogP contribution in [0.1, 0.15) is 5.56 Å². The number of thiazole rings is 1. The van der Waals surface area contributed by atoms with Crippen LogP contribution in [0.2, 0.25) is 0 Å². The van der Waals surface area contributed by atoms with Crippen molar-refractivity contribution in [2.24, 2.45) is 0 Å². The Bertz CT molecular complexity index is 746. The molecule has 0 radical (unpaired) electrons. The molecule has 0 saturated carbocycles. The second-order valence-electron chi connectivity index (χ2n) is 4.39. The molecule has 106 valence electrons. The number of hydrogen-bond donors (Lipinski definition) is 2. The smallest absolute Gasteiger partial charge is 0.134 e. The summed E-state index contributed by atoms with van der Waals surface area (Å²) in [6.45, 7) is 0.356. The number of hydrogen-bond acceptors (Lipinski definition) is 5. The van der Waals surface area contributed by atoms with Crippen LogP contribution in [0.25, 0.3) is 10.4 Å². The van der Waals surface area contributed by atoms with Gasteiger partial charge >= 0.3 is 0 Å². The highest BCUT2D eigenvalue weighted by molar-refractivity contribution is 7.13. The summed E-state index contributed by atoms with van der Waals surface area (Å²) in [7, 11) is 0. The van der Waals surface area contributed by atoms with Gasteiger partial charge < -0.3 is 10.4 Å². The van der Waals surface area contributed by atoms with Crippen molar-refractivity contribution in [3.8, 4) is 16.2 Å². The minimum absolute atomic E-state index is 0.0715. The average Bonchev–Trinajstić information content (AvgIpc) is 3.01. The van der Waals surface area contributed by atoms with E-state index in [9.17, 15) is 9.50 Å². The second-order valence-corrected chi connectivity index (χ2v) is 5.28. The van der Waals surface area contributed by atoms with E-state index in [1.807, 2.05) is 12.1 Å². The molecule has 3 aromatic rings. The quantitative estimate of drug-likeness (QED) is 0.772. The molecule has 0 aliphatic carbocycles. The molecule has 0 saturated heterocycles. The van der Waals surface area contributed by atoms with E-state index in [-0.39, 0.29) is 5.75 Å². The maximum absolute atomic E-state index is 13.0. The molecule has 0 fully saturated rings. The van der Waals surface area contributed by atoms with Crippen LogP contribution >= 0.6 is 11.3 Å². The first-order valence-corrected chi connectivity index (χ1v) is 7.17. The van der Waals surface area contributed by atoms with Gasteiger partial charge in [-0.25, -0.2) is 9.37 Å². The van der Waals surface area contributed by atoms with Gasteiger partial charge in [-0.1, -0.05) is 6.07 Å². The van der Waals surface area contributed by atoms with Crippen molar-refractivity contribution in [3.05, 3.63) is 59.6 Å². The Balaban J connectivity index is 1.83. The van der Waals surface area contributed by atoms with E-state index in [0.29, 0.717) is 17.9 Å². The Kier molecular flexibility index (Phi) is 3.79. The molecule has 0 spiro atoms. The van der Waals surface area contributed by atoms with E-state index in [1.54, 1.807) is 24.0 Å². The van der Waals surface area contributed by atoms with Gasteiger partial charge in [-0.15, -0.1) is 11.3 Å². The van der Waals surface area contributed by atoms with Crippen molar-refractivity contribution in [2.75, 3.05) is 5.32 Å². The molecule has 0 bridgehead atoms. The van der Waals surface area contributed by atoms with Crippen LogP contribution in [0.15, 0.2) is 48.2 Å². The van der Waals surface area contributed by atoms with Gasteiger partial charge in [0.05, 0.1) is 10.4 Å². The van der Waals surface area contributed by atoms with Crippen molar-refractivity contribution < 1.29 is 9.50 Å². The minimum atomic E-state index is -0.459. The minimum Gasteiger partial charge on any atom is -0.507 e. The maximum atomic E-state index is 13.0. The van der Waals surface area contributed by atoms with Gasteiger partial charge in [0.15, 0.2) is 0 Å². The predicted octanol–water partition coefficient (Wildman–Crippen LogP) is 3.66. The molecule has 0 aliphatic rings. The molecular weight excluding hydrogens is 289 g/mol. The SMILES string of the molecule is Oc1cc(F)ccc1CNc1ncccc1-c1cncs1. The zero-order chi connectivity index (χ0) is 14.7. The fourth-order valence-electron chi connectivity index (χ4n) is 1.96. The van der Waals surface area contributed by atoms with E-state index in [2.05, 4.69) is 15.3 Å². The topological polar surface area (TPSA) is 58.0 Å². The first-order valence-electron chi connectivity index (χ1n) is 6.29. The summed E-state index contributed by atoms with van der Waals surface area (Å²) in [5.41, 5.74) is 3.32. The second kappa shape index (κ2) is 5.88. The van der Waals surface area contributed by atoms with Crippen LogP contribution in [-0.2, 0) is 6.54 Å². The monoisotopic (exact) mass is 301 g/mol. The van der Waals surface area contributed by atoms with Gasteiger partial charge in [-0.3, -0.25) is 4.98 Å². The molecule has 21 heavy (non-hydrogen) atoms.